The van der Waals surface area contributed by atoms with Crippen LogP contribution in [-0.2, 0) is 6.42 Å². The van der Waals surface area contributed by atoms with E-state index in [4.69, 9.17) is 11.1 Å². The number of hydrogen-bond acceptors (Lipinski definition) is 8. The molecule has 0 spiro atoms. The van der Waals surface area contributed by atoms with Crippen LogP contribution in [0.1, 0.15) is 49.4 Å². The van der Waals surface area contributed by atoms with Gasteiger partial charge in [0.05, 0.1) is 17.8 Å². The van der Waals surface area contributed by atoms with E-state index in [0.717, 1.165) is 36.9 Å². The van der Waals surface area contributed by atoms with Crippen LogP contribution in [0.4, 0.5) is 11.6 Å². The molecule has 9 nitrogen and oxygen atoms in total. The summed E-state index contributed by atoms with van der Waals surface area (Å²) in [6.45, 7) is 4.56. The number of nitrogen functional groups attached to an aromatic ring is 1. The highest BCUT2D eigenvalue weighted by atomic mass is 16.3. The van der Waals surface area contributed by atoms with E-state index in [-0.39, 0.29) is 23.5 Å². The number of allylic oxidation sites excluding steroid dienone is 1. The zero-order valence-corrected chi connectivity index (χ0v) is 16.9. The van der Waals surface area contributed by atoms with Crippen LogP contribution in [-0.4, -0.2) is 44.1 Å². The van der Waals surface area contributed by atoms with Gasteiger partial charge >= 0.3 is 0 Å². The van der Waals surface area contributed by atoms with E-state index < -0.39 is 0 Å². The molecule has 0 saturated heterocycles. The smallest absolute Gasteiger partial charge is 0.163 e. The molecule has 0 atom stereocenters. The van der Waals surface area contributed by atoms with Gasteiger partial charge in [0.15, 0.2) is 5.65 Å². The Morgan fingerprint density at radius 3 is 2.86 bits per heavy atom. The maximum Gasteiger partial charge on any atom is 0.163 e. The lowest BCUT2D eigenvalue weighted by Gasteiger charge is -2.12. The number of aliphatic hydroxyl groups is 1. The Morgan fingerprint density at radius 1 is 1.48 bits per heavy atom. The first kappa shape index (κ1) is 20.6. The number of fused-ring (bicyclic) bond motifs is 1. The van der Waals surface area contributed by atoms with E-state index >= 15 is 0 Å². The first-order valence-corrected chi connectivity index (χ1v) is 9.89. The molecule has 154 valence electrons. The summed E-state index contributed by atoms with van der Waals surface area (Å²) < 4.78 is 1.54. The summed E-state index contributed by atoms with van der Waals surface area (Å²) in [7, 11) is 0. The van der Waals surface area contributed by atoms with Crippen LogP contribution in [0.3, 0.4) is 0 Å². The number of hydrogen-bond donors (Lipinski definition) is 5. The molecular formula is C20H28N8O. The molecule has 0 unspecified atom stereocenters. The molecule has 0 amide bonds. The van der Waals surface area contributed by atoms with Crippen molar-refractivity contribution in [3.05, 3.63) is 29.1 Å². The van der Waals surface area contributed by atoms with Crippen molar-refractivity contribution in [3.63, 3.8) is 0 Å². The third-order valence-corrected chi connectivity index (χ3v) is 5.22. The Kier molecular flexibility index (Phi) is 6.03. The summed E-state index contributed by atoms with van der Waals surface area (Å²) in [5, 5.41) is 37.6. The number of nitrogens with one attached hydrogen (secondary N) is 3. The molecule has 6 N–H and O–H groups in total. The van der Waals surface area contributed by atoms with Crippen molar-refractivity contribution < 1.29 is 5.11 Å². The predicted octanol–water partition coefficient (Wildman–Crippen LogP) is 1.89. The Labute approximate surface area is 170 Å². The van der Waals surface area contributed by atoms with E-state index in [1.165, 1.54) is 4.52 Å². The van der Waals surface area contributed by atoms with E-state index in [0.29, 0.717) is 30.1 Å². The zero-order valence-electron chi connectivity index (χ0n) is 16.9. The standard InChI is InChI=1S/C20H28N8O/c1-3-4-15-13(2)27-28-17(23)16(11-21)18(26-19(15)28)24-9-5-14(22)6-10-25-20(12-29)7-8-20/h6,10,22,25,29H,3-5,7-9,12,23H2,1-2H3,(H,24,26)/b10-6-,22-14?. The minimum atomic E-state index is -0.187. The second-order valence-electron chi connectivity index (χ2n) is 7.50. The molecule has 1 fully saturated rings. The van der Waals surface area contributed by atoms with Gasteiger partial charge in [-0.05, 0) is 38.5 Å². The van der Waals surface area contributed by atoms with E-state index in [1.54, 1.807) is 12.3 Å². The monoisotopic (exact) mass is 396 g/mol. The largest absolute Gasteiger partial charge is 0.394 e. The van der Waals surface area contributed by atoms with Gasteiger partial charge in [-0.3, -0.25) is 0 Å². The first-order chi connectivity index (χ1) is 13.9. The highest BCUT2D eigenvalue weighted by Gasteiger charge is 2.40. The summed E-state index contributed by atoms with van der Waals surface area (Å²) in [6, 6.07) is 2.11. The fourth-order valence-corrected chi connectivity index (χ4v) is 3.22. The van der Waals surface area contributed by atoms with Crippen molar-refractivity contribution in [2.75, 3.05) is 24.2 Å². The number of anilines is 2. The van der Waals surface area contributed by atoms with Crippen molar-refractivity contribution in [2.24, 2.45) is 0 Å². The number of aromatic nitrogens is 3. The van der Waals surface area contributed by atoms with Gasteiger partial charge in [0.25, 0.3) is 0 Å². The van der Waals surface area contributed by atoms with E-state index in [2.05, 4.69) is 33.7 Å². The highest BCUT2D eigenvalue weighted by molar-refractivity contribution is 5.92. The number of aryl methyl sites for hydroxylation is 2. The van der Waals surface area contributed by atoms with Crippen molar-refractivity contribution >= 4 is 23.0 Å². The summed E-state index contributed by atoms with van der Waals surface area (Å²) in [6.07, 6.45) is 7.56. The van der Waals surface area contributed by atoms with Crippen molar-refractivity contribution in [2.45, 2.75) is 51.5 Å². The average molecular weight is 396 g/mol. The number of nitrogens with zero attached hydrogens (tertiary/aromatic N) is 4. The van der Waals surface area contributed by atoms with Crippen LogP contribution in [0.2, 0.25) is 0 Å². The molecule has 2 heterocycles. The minimum absolute atomic E-state index is 0.104. The second kappa shape index (κ2) is 8.49. The summed E-state index contributed by atoms with van der Waals surface area (Å²) in [5.41, 5.74) is 9.24. The molecule has 1 saturated carbocycles. The first-order valence-electron chi connectivity index (χ1n) is 9.89. The highest BCUT2D eigenvalue weighted by Crippen LogP contribution is 2.34. The van der Waals surface area contributed by atoms with Crippen molar-refractivity contribution in [1.82, 2.24) is 19.9 Å². The summed E-state index contributed by atoms with van der Waals surface area (Å²) >= 11 is 0. The SMILES string of the molecule is CCCc1c(C)nn2c(N)c(C#N)c(NCCC(=N)/C=C\NC3(CO)CC3)nc12. The molecule has 1 aliphatic carbocycles. The maximum absolute atomic E-state index is 9.54. The molecule has 1 aliphatic rings. The number of rotatable bonds is 10. The topological polar surface area (TPSA) is 148 Å². The van der Waals surface area contributed by atoms with Crippen molar-refractivity contribution in [3.8, 4) is 6.07 Å². The molecule has 0 aromatic carbocycles. The number of aliphatic hydroxyl groups excluding tert-OH is 1. The molecule has 29 heavy (non-hydrogen) atoms. The Hall–Kier alpha value is -3.12. The fraction of sp³-hybridized carbons (Fsp3) is 0.500. The fourth-order valence-electron chi connectivity index (χ4n) is 3.22. The Balaban J connectivity index is 1.69. The Morgan fingerprint density at radius 2 is 2.24 bits per heavy atom. The van der Waals surface area contributed by atoms with Gasteiger partial charge in [-0.1, -0.05) is 13.3 Å². The summed E-state index contributed by atoms with van der Waals surface area (Å²) in [4.78, 5) is 4.62. The average Bonchev–Trinajstić information content (AvgIpc) is 3.41. The van der Waals surface area contributed by atoms with Crippen LogP contribution >= 0.6 is 0 Å². The second-order valence-corrected chi connectivity index (χ2v) is 7.50. The zero-order chi connectivity index (χ0) is 21.0. The molecular weight excluding hydrogens is 368 g/mol. The van der Waals surface area contributed by atoms with Crippen LogP contribution in [0.25, 0.3) is 5.65 Å². The molecule has 2 aromatic heterocycles. The summed E-state index contributed by atoms with van der Waals surface area (Å²) in [5.74, 6) is 0.685. The van der Waals surface area contributed by atoms with Gasteiger partial charge in [-0.15, -0.1) is 0 Å². The normalized spacial score (nSPS) is 14.8. The molecule has 0 bridgehead atoms. The van der Waals surface area contributed by atoms with Crippen LogP contribution < -0.4 is 16.4 Å². The van der Waals surface area contributed by atoms with Gasteiger partial charge in [0, 0.05) is 24.2 Å². The number of nitriles is 1. The minimum Gasteiger partial charge on any atom is -0.394 e. The molecule has 3 rings (SSSR count). The third kappa shape index (κ3) is 4.32. The van der Waals surface area contributed by atoms with E-state index in [9.17, 15) is 10.4 Å². The van der Waals surface area contributed by atoms with Crippen LogP contribution in [0.5, 0.6) is 0 Å². The van der Waals surface area contributed by atoms with Gasteiger partial charge < -0.3 is 26.9 Å². The lowest BCUT2D eigenvalue weighted by Crippen LogP contribution is -2.30. The molecule has 2 aromatic rings. The maximum atomic E-state index is 9.54. The van der Waals surface area contributed by atoms with Crippen molar-refractivity contribution in [1.29, 1.82) is 10.7 Å². The molecule has 0 aliphatic heterocycles. The molecule has 0 radical (unpaired) electrons. The predicted molar refractivity (Wildman–Crippen MR) is 113 cm³/mol. The number of nitrogens with two attached hydrogens (primary N) is 1. The molecule has 9 heteroatoms. The van der Waals surface area contributed by atoms with Crippen LogP contribution in [0.15, 0.2) is 12.3 Å². The lowest BCUT2D eigenvalue weighted by molar-refractivity contribution is 0.241. The van der Waals surface area contributed by atoms with Gasteiger partial charge in [-0.25, -0.2) is 4.98 Å². The van der Waals surface area contributed by atoms with Gasteiger partial charge in [-0.2, -0.15) is 14.9 Å². The lowest BCUT2D eigenvalue weighted by atomic mass is 10.1. The van der Waals surface area contributed by atoms with Gasteiger partial charge in [0.2, 0.25) is 0 Å². The van der Waals surface area contributed by atoms with E-state index in [1.807, 2.05) is 6.92 Å². The van der Waals surface area contributed by atoms with Crippen LogP contribution in [0, 0.1) is 23.7 Å². The van der Waals surface area contributed by atoms with Gasteiger partial charge in [0.1, 0.15) is 23.3 Å². The quantitative estimate of drug-likeness (QED) is 0.385. The Bertz CT molecular complexity index is 981. The third-order valence-electron chi connectivity index (χ3n) is 5.22.